The van der Waals surface area contributed by atoms with Gasteiger partial charge < -0.3 is 39.0 Å². The number of fused-ring (bicyclic) bond motifs is 6. The van der Waals surface area contributed by atoms with Gasteiger partial charge in [-0.25, -0.2) is 18.7 Å². The Balaban J connectivity index is 0.000000201. The van der Waals surface area contributed by atoms with E-state index in [4.69, 9.17) is 32.0 Å². The van der Waals surface area contributed by atoms with Gasteiger partial charge in [0.15, 0.2) is 0 Å². The molecule has 7 aromatic carbocycles. The molecule has 0 aliphatic rings. The monoisotopic (exact) mass is 1980 g/mol. The summed E-state index contributed by atoms with van der Waals surface area (Å²) in [6.45, 7) is 29.5. The Bertz CT molecular complexity index is 5690. The van der Waals surface area contributed by atoms with Gasteiger partial charge in [0.05, 0.1) is 11.3 Å². The Labute approximate surface area is 719 Å². The summed E-state index contributed by atoms with van der Waals surface area (Å²) in [6, 6.07) is 77.3. The molecule has 0 atom stereocenters. The smallest absolute Gasteiger partial charge is 0.486 e. The molecule has 16 rings (SSSR count). The second kappa shape index (κ2) is 43.6. The predicted octanol–water partition coefficient (Wildman–Crippen LogP) is 24.6. The van der Waals surface area contributed by atoms with Crippen molar-refractivity contribution in [1.82, 2.24) is 34.9 Å². The van der Waals surface area contributed by atoms with Gasteiger partial charge in [0.2, 0.25) is 11.4 Å². The van der Waals surface area contributed by atoms with E-state index < -0.39 is 15.6 Å². The van der Waals surface area contributed by atoms with Crippen molar-refractivity contribution in [1.29, 1.82) is 0 Å². The Kier molecular flexibility index (Phi) is 34.9. The van der Waals surface area contributed by atoms with Crippen LogP contribution in [0.3, 0.4) is 0 Å². The van der Waals surface area contributed by atoms with Crippen molar-refractivity contribution in [3.8, 4) is 78.5 Å². The van der Waals surface area contributed by atoms with Gasteiger partial charge in [0, 0.05) is 119 Å². The number of nitrogens with zero attached hydrogens (tertiary/aromatic N) is 7. The summed E-state index contributed by atoms with van der Waals surface area (Å²) < 4.78 is 96.1. The topological polar surface area (TPSA) is 211 Å². The van der Waals surface area contributed by atoms with Crippen LogP contribution in [0.15, 0.2) is 240 Å². The summed E-state index contributed by atoms with van der Waals surface area (Å²) in [5, 5.41) is 18.0. The summed E-state index contributed by atoms with van der Waals surface area (Å²) in [6.07, 6.45) is 9.23. The summed E-state index contributed by atoms with van der Waals surface area (Å²) in [5.74, 6) is 1.14. The maximum atomic E-state index is 13.2. The summed E-state index contributed by atoms with van der Waals surface area (Å²) in [7, 11) is -3.84. The molecular formula is C97H92F5Ir2N7O7S-4. The molecule has 14 nitrogen and oxygen atoms in total. The number of aliphatic hydroxyl groups excluding tert-OH is 2. The zero-order chi connectivity index (χ0) is 85.0. The number of aryl methyl sites for hydroxylation is 8. The standard InChI is InChI=1S/C23H15FN2O.C23H14FN2O.3C16H18N.CHF3O3S.2CH4O.2Ir/c2*1-14-5-10-19-18-3-2-4-20(22(18)27-23(19)26-14)21-13-16(11-12-25-21)15-6-8-17(24)9-7-15;3*1-11(2)14-5-7-15(8-6-14)16-13(4)9-12(3)10-17-16;2-1(3,4)8(5,6)7;2*1-2;;/h2-13H,1H3;2-3,5-13H,1H3;3*5-7,9-11H,1-4H3;(H,5,6,7);2*2H,1H3;;/q;4*-1;;;;;. The van der Waals surface area contributed by atoms with Gasteiger partial charge in [-0.15, -0.1) is 124 Å². The van der Waals surface area contributed by atoms with Crippen LogP contribution in [0.2, 0.25) is 0 Å². The molecule has 0 spiro atoms. The number of para-hydroxylation sites is 1. The van der Waals surface area contributed by atoms with E-state index in [0.29, 0.717) is 34.8 Å². The van der Waals surface area contributed by atoms with E-state index in [9.17, 15) is 22.0 Å². The van der Waals surface area contributed by atoms with Crippen molar-refractivity contribution in [2.45, 2.75) is 120 Å². The average Bonchev–Trinajstić information content (AvgIpc) is 1.62. The van der Waals surface area contributed by atoms with Gasteiger partial charge in [0.1, 0.15) is 17.2 Å². The van der Waals surface area contributed by atoms with Gasteiger partial charge in [-0.3, -0.25) is 9.54 Å². The van der Waals surface area contributed by atoms with Crippen LogP contribution in [0.4, 0.5) is 22.0 Å². The van der Waals surface area contributed by atoms with Gasteiger partial charge in [-0.1, -0.05) is 148 Å². The van der Waals surface area contributed by atoms with Crippen molar-refractivity contribution in [2.24, 2.45) is 0 Å². The van der Waals surface area contributed by atoms with Crippen molar-refractivity contribution in [3.05, 3.63) is 329 Å². The second-order valence-electron chi connectivity index (χ2n) is 28.5. The minimum Gasteiger partial charge on any atom is -0.486 e. The van der Waals surface area contributed by atoms with Crippen molar-refractivity contribution < 1.29 is 94.2 Å². The molecule has 620 valence electrons. The molecule has 22 heteroatoms. The molecular weight excluding hydrogens is 1890 g/mol. The van der Waals surface area contributed by atoms with Crippen LogP contribution in [0.1, 0.15) is 121 Å². The van der Waals surface area contributed by atoms with Gasteiger partial charge >= 0.3 is 15.6 Å². The maximum absolute atomic E-state index is 13.2. The van der Waals surface area contributed by atoms with E-state index in [2.05, 4.69) is 215 Å². The Hall–Kier alpha value is -11.0. The minimum absolute atomic E-state index is 0. The molecule has 0 bridgehead atoms. The molecule has 0 aliphatic carbocycles. The molecule has 2 radical (unpaired) electrons. The minimum atomic E-state index is -5.84. The first-order chi connectivity index (χ1) is 55.8. The number of hydrogen-bond acceptors (Lipinski definition) is 13. The predicted molar refractivity (Wildman–Crippen MR) is 459 cm³/mol. The molecule has 9 heterocycles. The molecule has 0 saturated carbocycles. The van der Waals surface area contributed by atoms with Crippen LogP contribution >= 0.6 is 0 Å². The average molecular weight is 1980 g/mol. The first-order valence-corrected chi connectivity index (χ1v) is 39.0. The molecule has 16 aromatic rings. The van der Waals surface area contributed by atoms with E-state index in [-0.39, 0.29) is 51.8 Å². The first-order valence-electron chi connectivity index (χ1n) is 37.6. The Morgan fingerprint density at radius 3 is 1.12 bits per heavy atom. The number of alkyl halides is 3. The number of halogens is 5. The number of aliphatic hydroxyl groups is 2. The van der Waals surface area contributed by atoms with Crippen molar-refractivity contribution >= 4 is 54.3 Å². The fourth-order valence-electron chi connectivity index (χ4n) is 12.5. The Morgan fingerprint density at radius 1 is 0.403 bits per heavy atom. The Morgan fingerprint density at radius 2 is 0.765 bits per heavy atom. The quantitative estimate of drug-likeness (QED) is 0.0503. The number of hydrogen-bond donors (Lipinski definition) is 3. The summed E-state index contributed by atoms with van der Waals surface area (Å²) in [4.78, 5) is 31.5. The van der Waals surface area contributed by atoms with Crippen LogP contribution in [0, 0.1) is 91.3 Å². The van der Waals surface area contributed by atoms with Crippen LogP contribution in [-0.2, 0) is 50.3 Å². The van der Waals surface area contributed by atoms with Crippen LogP contribution in [0.25, 0.3) is 123 Å². The second-order valence-corrected chi connectivity index (χ2v) is 29.9. The zero-order valence-corrected chi connectivity index (χ0v) is 74.3. The molecule has 0 amide bonds. The van der Waals surface area contributed by atoms with Gasteiger partial charge in [-0.2, -0.15) is 21.6 Å². The third-order valence-electron chi connectivity index (χ3n) is 18.6. The normalized spacial score (nSPS) is 10.8. The number of furan rings is 2. The zero-order valence-electron chi connectivity index (χ0n) is 68.7. The molecule has 0 aliphatic heterocycles. The molecule has 119 heavy (non-hydrogen) atoms. The van der Waals surface area contributed by atoms with Crippen LogP contribution < -0.4 is 0 Å². The maximum Gasteiger partial charge on any atom is 0.522 e. The van der Waals surface area contributed by atoms with E-state index in [0.717, 1.165) is 131 Å². The fourth-order valence-corrected chi connectivity index (χ4v) is 12.5. The summed E-state index contributed by atoms with van der Waals surface area (Å²) in [5.41, 5.74) is 23.6. The van der Waals surface area contributed by atoms with E-state index >= 15 is 0 Å². The molecule has 0 saturated heterocycles. The molecule has 0 unspecified atom stereocenters. The SMILES string of the molecule is CO.CO.Cc1ccc2c(n1)oc1c(-c3cc(-c4ccc(F)cc4)ccn3)[c-]ccc12.Cc1ccc2c(n1)oc1c(-c3cc(-c4ccc(F)cc4)ccn3)cccc12.Cc1cnc(-c2[c-]cc(C(C)C)cc2)c(C)c1.Cc1cnc(-c2[c-]cc(C(C)C)cc2)c(C)c1.Cc1cnc(-c2[c-]cc(C(C)C)cc2)c(C)c1.O=S(=O)(O)C(F)(F)F.[Ir].[Ir]. The number of rotatable bonds is 10. The molecule has 9 aromatic heterocycles. The first kappa shape index (κ1) is 95.1. The number of pyridine rings is 7. The number of benzene rings is 7. The molecule has 0 fully saturated rings. The summed E-state index contributed by atoms with van der Waals surface area (Å²) >= 11 is 0. The van der Waals surface area contributed by atoms with Crippen molar-refractivity contribution in [3.63, 3.8) is 0 Å². The van der Waals surface area contributed by atoms with E-state index in [1.807, 2.05) is 111 Å². The van der Waals surface area contributed by atoms with Crippen LogP contribution in [-0.4, -0.2) is 77.8 Å². The third kappa shape index (κ3) is 25.0. The van der Waals surface area contributed by atoms with Gasteiger partial charge in [-0.05, 0) is 190 Å². The van der Waals surface area contributed by atoms with Gasteiger partial charge in [0.25, 0.3) is 0 Å². The van der Waals surface area contributed by atoms with Crippen molar-refractivity contribution in [2.75, 3.05) is 14.2 Å². The fraction of sp³-hybridized carbons (Fsp3) is 0.206. The van der Waals surface area contributed by atoms with E-state index in [1.54, 1.807) is 36.7 Å². The van der Waals surface area contributed by atoms with Crippen LogP contribution in [0.5, 0.6) is 0 Å². The third-order valence-corrected chi connectivity index (χ3v) is 19.1. The number of aromatic nitrogens is 7. The molecule has 3 N–H and O–H groups in total. The van der Waals surface area contributed by atoms with E-state index in [1.165, 1.54) is 74.3 Å². The largest absolute Gasteiger partial charge is 0.522 e.